The third kappa shape index (κ3) is 3.55. The van der Waals surface area contributed by atoms with Gasteiger partial charge in [-0.3, -0.25) is 10.1 Å². The van der Waals surface area contributed by atoms with E-state index in [2.05, 4.69) is 10.6 Å². The van der Waals surface area contributed by atoms with Crippen molar-refractivity contribution in [1.29, 1.82) is 0 Å². The quantitative estimate of drug-likeness (QED) is 0.792. The van der Waals surface area contributed by atoms with Crippen molar-refractivity contribution in [3.05, 3.63) is 35.9 Å². The average Bonchev–Trinajstić information content (AvgIpc) is 2.29. The van der Waals surface area contributed by atoms with Crippen molar-refractivity contribution in [2.24, 2.45) is 0 Å². The maximum Gasteiger partial charge on any atom is 0.321 e. The van der Waals surface area contributed by atoms with Crippen molar-refractivity contribution in [3.8, 4) is 0 Å². The molecule has 0 bridgehead atoms. The van der Waals surface area contributed by atoms with E-state index in [1.807, 2.05) is 6.07 Å². The first kappa shape index (κ1) is 12.5. The molecule has 0 saturated carbocycles. The van der Waals surface area contributed by atoms with Gasteiger partial charge in [0.1, 0.15) is 5.38 Å². The summed E-state index contributed by atoms with van der Waals surface area (Å²) in [5.41, 5.74) is 0.658. The van der Waals surface area contributed by atoms with Gasteiger partial charge >= 0.3 is 6.03 Å². The second-order valence-corrected chi connectivity index (χ2v) is 3.56. The second kappa shape index (κ2) is 6.12. The fourth-order valence-corrected chi connectivity index (χ4v) is 1.35. The van der Waals surface area contributed by atoms with E-state index in [1.54, 1.807) is 31.2 Å². The minimum Gasteiger partial charge on any atom is -0.338 e. The van der Waals surface area contributed by atoms with Crippen LogP contribution in [0.4, 0.5) is 4.79 Å². The van der Waals surface area contributed by atoms with E-state index in [4.69, 9.17) is 11.6 Å². The van der Waals surface area contributed by atoms with Crippen molar-refractivity contribution < 1.29 is 9.59 Å². The summed E-state index contributed by atoms with van der Waals surface area (Å²) in [5.74, 6) is -0.529. The zero-order valence-electron chi connectivity index (χ0n) is 8.87. The van der Waals surface area contributed by atoms with Gasteiger partial charge in [-0.1, -0.05) is 30.3 Å². The molecule has 0 saturated heterocycles. The Kier molecular flexibility index (Phi) is 4.79. The SMILES string of the molecule is CCNC(=O)NC(=O)[C@@H](Cl)c1ccccc1. The molecular formula is C11H13ClN2O2. The number of carbonyl (C=O) groups excluding carboxylic acids is 2. The lowest BCUT2D eigenvalue weighted by Crippen LogP contribution is -2.40. The zero-order chi connectivity index (χ0) is 12.0. The molecule has 0 unspecified atom stereocenters. The van der Waals surface area contributed by atoms with Crippen LogP contribution in [-0.4, -0.2) is 18.5 Å². The minimum atomic E-state index is -0.858. The van der Waals surface area contributed by atoms with Crippen molar-refractivity contribution in [2.45, 2.75) is 12.3 Å². The number of alkyl halides is 1. The van der Waals surface area contributed by atoms with Gasteiger partial charge in [0.05, 0.1) is 0 Å². The molecule has 3 amide bonds. The molecule has 16 heavy (non-hydrogen) atoms. The Labute approximate surface area is 99.0 Å². The molecule has 1 aromatic rings. The largest absolute Gasteiger partial charge is 0.338 e. The molecule has 0 heterocycles. The Hall–Kier alpha value is -1.55. The summed E-state index contributed by atoms with van der Waals surface area (Å²) in [4.78, 5) is 22.6. The van der Waals surface area contributed by atoms with Crippen LogP contribution < -0.4 is 10.6 Å². The molecule has 0 aliphatic rings. The first-order valence-corrected chi connectivity index (χ1v) is 5.36. The average molecular weight is 241 g/mol. The third-order valence-corrected chi connectivity index (χ3v) is 2.35. The van der Waals surface area contributed by atoms with Crippen LogP contribution in [0.3, 0.4) is 0 Å². The molecule has 1 aromatic carbocycles. The number of benzene rings is 1. The van der Waals surface area contributed by atoms with Crippen LogP contribution in [0.1, 0.15) is 17.9 Å². The van der Waals surface area contributed by atoms with Gasteiger partial charge in [-0.25, -0.2) is 4.79 Å². The van der Waals surface area contributed by atoms with Crippen molar-refractivity contribution in [3.63, 3.8) is 0 Å². The molecule has 1 atom stereocenters. The van der Waals surface area contributed by atoms with Gasteiger partial charge in [0.15, 0.2) is 0 Å². The van der Waals surface area contributed by atoms with Crippen molar-refractivity contribution in [2.75, 3.05) is 6.54 Å². The van der Waals surface area contributed by atoms with Crippen LogP contribution in [0.5, 0.6) is 0 Å². The van der Waals surface area contributed by atoms with Gasteiger partial charge < -0.3 is 5.32 Å². The van der Waals surface area contributed by atoms with Crippen LogP contribution >= 0.6 is 11.6 Å². The second-order valence-electron chi connectivity index (χ2n) is 3.12. The topological polar surface area (TPSA) is 58.2 Å². The summed E-state index contributed by atoms with van der Waals surface area (Å²) in [7, 11) is 0. The molecule has 0 radical (unpaired) electrons. The van der Waals surface area contributed by atoms with E-state index in [1.165, 1.54) is 0 Å². The lowest BCUT2D eigenvalue weighted by molar-refractivity contribution is -0.119. The van der Waals surface area contributed by atoms with E-state index in [0.29, 0.717) is 12.1 Å². The molecule has 2 N–H and O–H groups in total. The highest BCUT2D eigenvalue weighted by atomic mass is 35.5. The smallest absolute Gasteiger partial charge is 0.321 e. The summed E-state index contributed by atoms with van der Waals surface area (Å²) in [6.07, 6.45) is 0. The Morgan fingerprint density at radius 1 is 1.31 bits per heavy atom. The first-order chi connectivity index (χ1) is 7.65. The molecule has 0 aromatic heterocycles. The Bertz CT molecular complexity index is 368. The number of hydrogen-bond acceptors (Lipinski definition) is 2. The highest BCUT2D eigenvalue weighted by Gasteiger charge is 2.18. The number of nitrogens with one attached hydrogen (secondary N) is 2. The monoisotopic (exact) mass is 240 g/mol. The number of halogens is 1. The molecule has 1 rings (SSSR count). The van der Waals surface area contributed by atoms with Crippen molar-refractivity contribution in [1.82, 2.24) is 10.6 Å². The van der Waals surface area contributed by atoms with Crippen LogP contribution in [0.15, 0.2) is 30.3 Å². The molecule has 5 heteroatoms. The Morgan fingerprint density at radius 2 is 1.94 bits per heavy atom. The lowest BCUT2D eigenvalue weighted by atomic mass is 10.1. The Morgan fingerprint density at radius 3 is 2.50 bits per heavy atom. The maximum atomic E-state index is 11.5. The van der Waals surface area contributed by atoms with Gasteiger partial charge in [-0.2, -0.15) is 0 Å². The summed E-state index contributed by atoms with van der Waals surface area (Å²) >= 11 is 5.91. The standard InChI is InChI=1S/C11H13ClN2O2/c1-2-13-11(16)14-10(15)9(12)8-6-4-3-5-7-8/h3-7,9H,2H2,1H3,(H2,13,14,15,16)/t9-/m0/s1. The van der Waals surface area contributed by atoms with Crippen LogP contribution in [0, 0.1) is 0 Å². The normalized spacial score (nSPS) is 11.6. The fraction of sp³-hybridized carbons (Fsp3) is 0.273. The Balaban J connectivity index is 2.58. The number of amides is 3. The summed E-state index contributed by atoms with van der Waals surface area (Å²) < 4.78 is 0. The first-order valence-electron chi connectivity index (χ1n) is 4.93. The van der Waals surface area contributed by atoms with Gasteiger partial charge in [0.25, 0.3) is 5.91 Å². The third-order valence-electron chi connectivity index (χ3n) is 1.90. The van der Waals surface area contributed by atoms with Crippen LogP contribution in [0.2, 0.25) is 0 Å². The number of carbonyl (C=O) groups is 2. The number of hydrogen-bond donors (Lipinski definition) is 2. The summed E-state index contributed by atoms with van der Waals surface area (Å²) in [5, 5.41) is 3.75. The van der Waals surface area contributed by atoms with E-state index in [-0.39, 0.29) is 0 Å². The van der Waals surface area contributed by atoms with E-state index in [9.17, 15) is 9.59 Å². The number of imide groups is 1. The molecule has 0 aliphatic carbocycles. The molecule has 4 nitrogen and oxygen atoms in total. The van der Waals surface area contributed by atoms with E-state index >= 15 is 0 Å². The molecular weight excluding hydrogens is 228 g/mol. The highest BCUT2D eigenvalue weighted by Crippen LogP contribution is 2.19. The fourth-order valence-electron chi connectivity index (χ4n) is 1.15. The van der Waals surface area contributed by atoms with Gasteiger partial charge in [0, 0.05) is 6.54 Å². The summed E-state index contributed by atoms with van der Waals surface area (Å²) in [6.45, 7) is 2.22. The maximum absolute atomic E-state index is 11.5. The molecule has 0 aliphatic heterocycles. The predicted molar refractivity (Wildman–Crippen MR) is 62.3 cm³/mol. The molecule has 86 valence electrons. The minimum absolute atomic E-state index is 0.456. The lowest BCUT2D eigenvalue weighted by Gasteiger charge is -2.09. The predicted octanol–water partition coefficient (Wildman–Crippen LogP) is 1.81. The van der Waals surface area contributed by atoms with E-state index < -0.39 is 17.3 Å². The molecule has 0 spiro atoms. The zero-order valence-corrected chi connectivity index (χ0v) is 9.62. The highest BCUT2D eigenvalue weighted by molar-refractivity contribution is 6.31. The van der Waals surface area contributed by atoms with Crippen molar-refractivity contribution >= 4 is 23.5 Å². The molecule has 0 fully saturated rings. The van der Waals surface area contributed by atoms with Gasteiger partial charge in [-0.15, -0.1) is 11.6 Å². The van der Waals surface area contributed by atoms with Gasteiger partial charge in [0.2, 0.25) is 0 Å². The summed E-state index contributed by atoms with van der Waals surface area (Å²) in [6, 6.07) is 8.32. The van der Waals surface area contributed by atoms with Gasteiger partial charge in [-0.05, 0) is 12.5 Å². The van der Waals surface area contributed by atoms with Crippen LogP contribution in [-0.2, 0) is 4.79 Å². The van der Waals surface area contributed by atoms with Crippen LogP contribution in [0.25, 0.3) is 0 Å². The number of rotatable bonds is 3. The van der Waals surface area contributed by atoms with E-state index in [0.717, 1.165) is 0 Å². The number of urea groups is 1.